The Labute approximate surface area is 83.8 Å². The van der Waals surface area contributed by atoms with Crippen molar-refractivity contribution in [3.8, 4) is 0 Å². The fourth-order valence-electron chi connectivity index (χ4n) is 1.99. The normalized spacial score (nSPS) is 16.9. The molecule has 0 radical (unpaired) electrons. The zero-order valence-corrected chi connectivity index (χ0v) is 8.03. The molecule has 0 aliphatic carbocycles. The van der Waals surface area contributed by atoms with E-state index in [1.54, 1.807) is 0 Å². The number of nitrogens with one attached hydrogen (secondary N) is 1. The first-order chi connectivity index (χ1) is 6.93. The highest BCUT2D eigenvalue weighted by Crippen LogP contribution is 2.23. The highest BCUT2D eigenvalue weighted by Gasteiger charge is 2.18. The van der Waals surface area contributed by atoms with E-state index in [0.29, 0.717) is 0 Å². The molecule has 1 nitrogen and oxygen atoms in total. The monoisotopic (exact) mass is 183 g/mol. The van der Waals surface area contributed by atoms with E-state index >= 15 is 0 Å². The Morgan fingerprint density at radius 1 is 0.929 bits per heavy atom. The van der Waals surface area contributed by atoms with Crippen molar-refractivity contribution in [1.29, 1.82) is 0 Å². The average Bonchev–Trinajstić information content (AvgIpc) is 2.15. The minimum absolute atomic E-state index is 0.736. The van der Waals surface area contributed by atoms with Crippen molar-refractivity contribution in [2.45, 2.75) is 5.92 Å². The molecule has 0 atom stereocenters. The van der Waals surface area contributed by atoms with Gasteiger partial charge < -0.3 is 5.32 Å². The summed E-state index contributed by atoms with van der Waals surface area (Å²) in [5, 5.41) is 6.00. The molecular formula is C13H13N. The van der Waals surface area contributed by atoms with Crippen molar-refractivity contribution < 1.29 is 0 Å². The second-order valence-electron chi connectivity index (χ2n) is 3.96. The Bertz CT molecular complexity index is 457. The number of hydrogen-bond acceptors (Lipinski definition) is 1. The first-order valence-corrected chi connectivity index (χ1v) is 5.13. The van der Waals surface area contributed by atoms with Gasteiger partial charge >= 0.3 is 0 Å². The fourth-order valence-corrected chi connectivity index (χ4v) is 1.99. The van der Waals surface area contributed by atoms with Crippen molar-refractivity contribution in [3.63, 3.8) is 0 Å². The van der Waals surface area contributed by atoms with E-state index in [0.717, 1.165) is 19.0 Å². The third kappa shape index (κ3) is 1.21. The number of benzene rings is 2. The van der Waals surface area contributed by atoms with Crippen LogP contribution in [0.25, 0.3) is 10.8 Å². The van der Waals surface area contributed by atoms with Gasteiger partial charge in [0.05, 0.1) is 0 Å². The lowest BCUT2D eigenvalue weighted by Crippen LogP contribution is -2.39. The lowest BCUT2D eigenvalue weighted by Gasteiger charge is -2.27. The van der Waals surface area contributed by atoms with Gasteiger partial charge in [-0.15, -0.1) is 0 Å². The van der Waals surface area contributed by atoms with E-state index in [2.05, 4.69) is 47.8 Å². The standard InChI is InChI=1S/C13H13N/c1-2-4-11-7-12(13-8-14-9-13)6-5-10(11)3-1/h1-7,13-14H,8-9H2. The molecule has 0 spiro atoms. The molecule has 2 aromatic carbocycles. The van der Waals surface area contributed by atoms with E-state index in [1.807, 2.05) is 0 Å². The molecule has 1 aliphatic heterocycles. The second-order valence-corrected chi connectivity index (χ2v) is 3.96. The van der Waals surface area contributed by atoms with Gasteiger partial charge in [-0.05, 0) is 16.3 Å². The van der Waals surface area contributed by atoms with Crippen LogP contribution in [-0.4, -0.2) is 13.1 Å². The largest absolute Gasteiger partial charge is 0.315 e. The molecule has 3 rings (SSSR count). The van der Waals surface area contributed by atoms with E-state index in [4.69, 9.17) is 0 Å². The molecule has 1 saturated heterocycles. The average molecular weight is 183 g/mol. The predicted molar refractivity (Wildman–Crippen MR) is 59.6 cm³/mol. The van der Waals surface area contributed by atoms with E-state index < -0.39 is 0 Å². The Morgan fingerprint density at radius 2 is 1.71 bits per heavy atom. The molecular weight excluding hydrogens is 170 g/mol. The summed E-state index contributed by atoms with van der Waals surface area (Å²) in [5.41, 5.74) is 1.47. The molecule has 1 heterocycles. The number of rotatable bonds is 1. The SMILES string of the molecule is c1ccc2cc(C3CNC3)ccc2c1. The molecule has 0 unspecified atom stereocenters. The van der Waals surface area contributed by atoms with Gasteiger partial charge in [-0.2, -0.15) is 0 Å². The highest BCUT2D eigenvalue weighted by atomic mass is 14.9. The highest BCUT2D eigenvalue weighted by molar-refractivity contribution is 5.83. The Morgan fingerprint density at radius 3 is 2.43 bits per heavy atom. The molecule has 2 aromatic rings. The zero-order valence-electron chi connectivity index (χ0n) is 8.03. The maximum atomic E-state index is 3.31. The van der Waals surface area contributed by atoms with Crippen LogP contribution in [-0.2, 0) is 0 Å². The van der Waals surface area contributed by atoms with Crippen LogP contribution in [0.2, 0.25) is 0 Å². The van der Waals surface area contributed by atoms with Crippen LogP contribution in [0.4, 0.5) is 0 Å². The summed E-state index contributed by atoms with van der Waals surface area (Å²) in [5.74, 6) is 0.736. The molecule has 0 amide bonds. The van der Waals surface area contributed by atoms with Gasteiger partial charge in [-0.25, -0.2) is 0 Å². The van der Waals surface area contributed by atoms with Crippen LogP contribution < -0.4 is 5.32 Å². The van der Waals surface area contributed by atoms with Crippen molar-refractivity contribution >= 4 is 10.8 Å². The molecule has 1 N–H and O–H groups in total. The van der Waals surface area contributed by atoms with Crippen LogP contribution >= 0.6 is 0 Å². The third-order valence-corrected chi connectivity index (χ3v) is 3.03. The van der Waals surface area contributed by atoms with Gasteiger partial charge in [0.2, 0.25) is 0 Å². The van der Waals surface area contributed by atoms with Crippen LogP contribution in [0.1, 0.15) is 11.5 Å². The molecule has 1 heteroatoms. The number of fused-ring (bicyclic) bond motifs is 1. The molecule has 70 valence electrons. The third-order valence-electron chi connectivity index (χ3n) is 3.03. The maximum Gasteiger partial charge on any atom is 0.00887 e. The minimum Gasteiger partial charge on any atom is -0.315 e. The van der Waals surface area contributed by atoms with Crippen molar-refractivity contribution in [1.82, 2.24) is 5.32 Å². The Balaban J connectivity index is 2.10. The number of hydrogen-bond donors (Lipinski definition) is 1. The Hall–Kier alpha value is -1.34. The van der Waals surface area contributed by atoms with Gasteiger partial charge in [0.1, 0.15) is 0 Å². The second kappa shape index (κ2) is 3.10. The van der Waals surface area contributed by atoms with Gasteiger partial charge in [0, 0.05) is 19.0 Å². The van der Waals surface area contributed by atoms with Crippen LogP contribution in [0.3, 0.4) is 0 Å². The lowest BCUT2D eigenvalue weighted by molar-refractivity contribution is 0.449. The van der Waals surface area contributed by atoms with Crippen LogP contribution in [0.5, 0.6) is 0 Å². The summed E-state index contributed by atoms with van der Waals surface area (Å²) in [7, 11) is 0. The summed E-state index contributed by atoms with van der Waals surface area (Å²) in [4.78, 5) is 0. The molecule has 14 heavy (non-hydrogen) atoms. The first-order valence-electron chi connectivity index (χ1n) is 5.13. The topological polar surface area (TPSA) is 12.0 Å². The maximum absolute atomic E-state index is 3.31. The summed E-state index contributed by atoms with van der Waals surface area (Å²) in [6.45, 7) is 2.27. The van der Waals surface area contributed by atoms with Gasteiger partial charge in [-0.3, -0.25) is 0 Å². The van der Waals surface area contributed by atoms with Gasteiger partial charge in [0.25, 0.3) is 0 Å². The molecule has 0 aromatic heterocycles. The van der Waals surface area contributed by atoms with Crippen LogP contribution in [0.15, 0.2) is 42.5 Å². The van der Waals surface area contributed by atoms with Crippen molar-refractivity contribution in [2.24, 2.45) is 0 Å². The summed E-state index contributed by atoms with van der Waals surface area (Å²) in [6.07, 6.45) is 0. The summed E-state index contributed by atoms with van der Waals surface area (Å²) >= 11 is 0. The molecule has 1 aliphatic rings. The molecule has 0 bridgehead atoms. The zero-order chi connectivity index (χ0) is 9.38. The molecule has 1 fully saturated rings. The first kappa shape index (κ1) is 8.01. The predicted octanol–water partition coefficient (Wildman–Crippen LogP) is 2.53. The summed E-state index contributed by atoms with van der Waals surface area (Å²) < 4.78 is 0. The quantitative estimate of drug-likeness (QED) is 0.716. The van der Waals surface area contributed by atoms with Gasteiger partial charge in [-0.1, -0.05) is 42.5 Å². The van der Waals surface area contributed by atoms with Gasteiger partial charge in [0.15, 0.2) is 0 Å². The van der Waals surface area contributed by atoms with E-state index in [-0.39, 0.29) is 0 Å². The van der Waals surface area contributed by atoms with Crippen LogP contribution in [0, 0.1) is 0 Å². The smallest absolute Gasteiger partial charge is 0.00887 e. The summed E-state index contributed by atoms with van der Waals surface area (Å²) in [6, 6.07) is 15.3. The van der Waals surface area contributed by atoms with Crippen molar-refractivity contribution in [2.75, 3.05) is 13.1 Å². The lowest BCUT2D eigenvalue weighted by atomic mass is 9.92. The molecule has 0 saturated carbocycles. The van der Waals surface area contributed by atoms with E-state index in [9.17, 15) is 0 Å². The minimum atomic E-state index is 0.736. The fraction of sp³-hybridized carbons (Fsp3) is 0.231. The van der Waals surface area contributed by atoms with E-state index in [1.165, 1.54) is 16.3 Å². The van der Waals surface area contributed by atoms with Crippen molar-refractivity contribution in [3.05, 3.63) is 48.0 Å². The Kier molecular flexibility index (Phi) is 1.78.